The van der Waals surface area contributed by atoms with Gasteiger partial charge in [-0.25, -0.2) is 0 Å². The molecule has 0 bridgehead atoms. The zero-order valence-electron chi connectivity index (χ0n) is 16.7. The lowest BCUT2D eigenvalue weighted by molar-refractivity contribution is -0.145. The first kappa shape index (κ1) is 19.9. The molecule has 1 unspecified atom stereocenters. The van der Waals surface area contributed by atoms with Gasteiger partial charge in [-0.15, -0.1) is 0 Å². The summed E-state index contributed by atoms with van der Waals surface area (Å²) in [7, 11) is 0. The van der Waals surface area contributed by atoms with Gasteiger partial charge in [0.15, 0.2) is 0 Å². The minimum absolute atomic E-state index is 0.0404. The molecule has 3 rings (SSSR count). The van der Waals surface area contributed by atoms with Gasteiger partial charge in [0.1, 0.15) is 0 Å². The summed E-state index contributed by atoms with van der Waals surface area (Å²) in [4.78, 5) is 30.0. The number of nitrogens with zero attached hydrogens (tertiary/aromatic N) is 2. The van der Waals surface area contributed by atoms with Crippen molar-refractivity contribution in [3.63, 3.8) is 0 Å². The van der Waals surface area contributed by atoms with Crippen LogP contribution < -0.4 is 5.32 Å². The molecule has 2 aliphatic rings. The lowest BCUT2D eigenvalue weighted by Crippen LogP contribution is -2.54. The largest absolute Gasteiger partial charge is 0.342 e. The molecule has 27 heavy (non-hydrogen) atoms. The van der Waals surface area contributed by atoms with Crippen LogP contribution in [-0.4, -0.2) is 60.9 Å². The number of benzene rings is 1. The number of piperidine rings is 2. The molecule has 5 heteroatoms. The van der Waals surface area contributed by atoms with Crippen LogP contribution >= 0.6 is 0 Å². The monoisotopic (exact) mass is 371 g/mol. The van der Waals surface area contributed by atoms with Crippen LogP contribution in [0.2, 0.25) is 0 Å². The van der Waals surface area contributed by atoms with E-state index in [0.29, 0.717) is 18.0 Å². The van der Waals surface area contributed by atoms with Crippen LogP contribution in [0.4, 0.5) is 0 Å². The van der Waals surface area contributed by atoms with Crippen molar-refractivity contribution in [1.29, 1.82) is 0 Å². The van der Waals surface area contributed by atoms with E-state index in [-0.39, 0.29) is 11.8 Å². The standard InChI is InChI=1S/C22H33N3O2/c1-3-23-16-18-10-14-24(15-11-18)21(27)22(2)12-7-13-25(17-22)20(26)19-8-5-4-6-9-19/h4-6,8-9,18,23H,3,7,10-17H2,1-2H3. The SMILES string of the molecule is CCNCC1CCN(C(=O)C2(C)CCCN(C(=O)c3ccccc3)C2)CC1. The third-order valence-corrected chi connectivity index (χ3v) is 6.11. The number of carbonyl (C=O) groups is 2. The Kier molecular flexibility index (Phi) is 6.53. The van der Waals surface area contributed by atoms with E-state index in [2.05, 4.69) is 12.2 Å². The molecule has 2 amide bonds. The van der Waals surface area contributed by atoms with Crippen molar-refractivity contribution in [2.75, 3.05) is 39.3 Å². The molecular formula is C22H33N3O2. The molecule has 1 N–H and O–H groups in total. The average molecular weight is 372 g/mol. The molecule has 0 radical (unpaired) electrons. The van der Waals surface area contributed by atoms with Gasteiger partial charge in [-0.3, -0.25) is 9.59 Å². The van der Waals surface area contributed by atoms with Crippen LogP contribution in [0.3, 0.4) is 0 Å². The van der Waals surface area contributed by atoms with Gasteiger partial charge in [-0.2, -0.15) is 0 Å². The van der Waals surface area contributed by atoms with Crippen molar-refractivity contribution < 1.29 is 9.59 Å². The van der Waals surface area contributed by atoms with E-state index >= 15 is 0 Å². The van der Waals surface area contributed by atoms with Gasteiger partial charge in [0.2, 0.25) is 5.91 Å². The van der Waals surface area contributed by atoms with Crippen molar-refractivity contribution >= 4 is 11.8 Å². The Hall–Kier alpha value is -1.88. The topological polar surface area (TPSA) is 52.7 Å². The second-order valence-electron chi connectivity index (χ2n) is 8.30. The van der Waals surface area contributed by atoms with E-state index in [1.165, 1.54) is 0 Å². The van der Waals surface area contributed by atoms with E-state index in [9.17, 15) is 9.59 Å². The Bertz CT molecular complexity index is 640. The first-order valence-corrected chi connectivity index (χ1v) is 10.4. The molecule has 0 saturated carbocycles. The van der Waals surface area contributed by atoms with Gasteiger partial charge in [0.05, 0.1) is 5.41 Å². The van der Waals surface area contributed by atoms with Crippen molar-refractivity contribution in [3.05, 3.63) is 35.9 Å². The van der Waals surface area contributed by atoms with E-state index < -0.39 is 5.41 Å². The average Bonchev–Trinajstić information content (AvgIpc) is 2.72. The van der Waals surface area contributed by atoms with Crippen LogP contribution in [0.5, 0.6) is 0 Å². The van der Waals surface area contributed by atoms with Gasteiger partial charge >= 0.3 is 0 Å². The fourth-order valence-electron chi connectivity index (χ4n) is 4.42. The third-order valence-electron chi connectivity index (χ3n) is 6.11. The summed E-state index contributed by atoms with van der Waals surface area (Å²) in [5.74, 6) is 0.943. The summed E-state index contributed by atoms with van der Waals surface area (Å²) < 4.78 is 0. The van der Waals surface area contributed by atoms with Gasteiger partial charge in [0, 0.05) is 31.7 Å². The molecule has 2 fully saturated rings. The van der Waals surface area contributed by atoms with Gasteiger partial charge < -0.3 is 15.1 Å². The highest BCUT2D eigenvalue weighted by Crippen LogP contribution is 2.33. The summed E-state index contributed by atoms with van der Waals surface area (Å²) in [5.41, 5.74) is 0.246. The summed E-state index contributed by atoms with van der Waals surface area (Å²) in [6.45, 7) is 9.18. The Morgan fingerprint density at radius 1 is 1.11 bits per heavy atom. The summed E-state index contributed by atoms with van der Waals surface area (Å²) in [5, 5.41) is 3.42. The van der Waals surface area contributed by atoms with Crippen molar-refractivity contribution in [2.24, 2.45) is 11.3 Å². The number of likely N-dealkylation sites (tertiary alicyclic amines) is 2. The van der Waals surface area contributed by atoms with Gasteiger partial charge in [-0.1, -0.05) is 25.1 Å². The number of hydrogen-bond acceptors (Lipinski definition) is 3. The number of amides is 2. The smallest absolute Gasteiger partial charge is 0.253 e. The zero-order chi connectivity index (χ0) is 19.3. The molecule has 1 atom stereocenters. The minimum atomic E-state index is -0.461. The number of rotatable bonds is 5. The normalized spacial score (nSPS) is 24.1. The maximum Gasteiger partial charge on any atom is 0.253 e. The molecule has 2 heterocycles. The van der Waals surface area contributed by atoms with Gasteiger partial charge in [0.25, 0.3) is 5.91 Å². The Balaban J connectivity index is 1.60. The highest BCUT2D eigenvalue weighted by molar-refractivity contribution is 5.95. The van der Waals surface area contributed by atoms with Crippen LogP contribution in [0.1, 0.15) is 49.9 Å². The zero-order valence-corrected chi connectivity index (χ0v) is 16.7. The van der Waals surface area contributed by atoms with Crippen molar-refractivity contribution in [3.8, 4) is 0 Å². The molecule has 0 aromatic heterocycles. The summed E-state index contributed by atoms with van der Waals surface area (Å²) >= 11 is 0. The highest BCUT2D eigenvalue weighted by atomic mass is 16.2. The van der Waals surface area contributed by atoms with Crippen molar-refractivity contribution in [1.82, 2.24) is 15.1 Å². The second-order valence-corrected chi connectivity index (χ2v) is 8.30. The molecule has 1 aromatic rings. The van der Waals surface area contributed by atoms with Gasteiger partial charge in [-0.05, 0) is 63.7 Å². The second kappa shape index (κ2) is 8.87. The third kappa shape index (κ3) is 4.70. The Labute approximate surface area is 163 Å². The van der Waals surface area contributed by atoms with E-state index in [1.807, 2.05) is 47.1 Å². The first-order valence-electron chi connectivity index (χ1n) is 10.4. The quantitative estimate of drug-likeness (QED) is 0.866. The maximum absolute atomic E-state index is 13.3. The lowest BCUT2D eigenvalue weighted by Gasteiger charge is -2.43. The summed E-state index contributed by atoms with van der Waals surface area (Å²) in [6.07, 6.45) is 3.89. The first-order chi connectivity index (χ1) is 13.0. The predicted molar refractivity (Wildman–Crippen MR) is 108 cm³/mol. The van der Waals surface area contributed by atoms with E-state index in [1.54, 1.807) is 0 Å². The van der Waals surface area contributed by atoms with E-state index in [0.717, 1.165) is 58.4 Å². The molecule has 1 aromatic carbocycles. The maximum atomic E-state index is 13.3. The van der Waals surface area contributed by atoms with Crippen LogP contribution in [-0.2, 0) is 4.79 Å². The Morgan fingerprint density at radius 2 is 1.81 bits per heavy atom. The molecular weight excluding hydrogens is 338 g/mol. The lowest BCUT2D eigenvalue weighted by atomic mass is 9.79. The fourth-order valence-corrected chi connectivity index (χ4v) is 4.42. The number of carbonyl (C=O) groups excluding carboxylic acids is 2. The predicted octanol–water partition coefficient (Wildman–Crippen LogP) is 2.78. The fraction of sp³-hybridized carbons (Fsp3) is 0.636. The highest BCUT2D eigenvalue weighted by Gasteiger charge is 2.42. The molecule has 5 nitrogen and oxygen atoms in total. The number of hydrogen-bond donors (Lipinski definition) is 1. The minimum Gasteiger partial charge on any atom is -0.342 e. The molecule has 0 aliphatic carbocycles. The van der Waals surface area contributed by atoms with Crippen molar-refractivity contribution in [2.45, 2.75) is 39.5 Å². The van der Waals surface area contributed by atoms with Crippen LogP contribution in [0.15, 0.2) is 30.3 Å². The Morgan fingerprint density at radius 3 is 2.48 bits per heavy atom. The number of nitrogens with one attached hydrogen (secondary N) is 1. The van der Waals surface area contributed by atoms with Crippen LogP contribution in [0, 0.1) is 11.3 Å². The van der Waals surface area contributed by atoms with Crippen LogP contribution in [0.25, 0.3) is 0 Å². The molecule has 2 saturated heterocycles. The molecule has 0 spiro atoms. The molecule has 148 valence electrons. The van der Waals surface area contributed by atoms with E-state index in [4.69, 9.17) is 0 Å². The molecule has 2 aliphatic heterocycles. The summed E-state index contributed by atoms with van der Waals surface area (Å²) in [6, 6.07) is 9.40.